The molecule has 1 aromatic rings. The van der Waals surface area contributed by atoms with Crippen molar-refractivity contribution in [1.82, 2.24) is 9.97 Å². The Hall–Kier alpha value is -0.480. The molecule has 0 aromatic carbocycles. The van der Waals surface area contributed by atoms with Crippen LogP contribution in [0.3, 0.4) is 0 Å². The summed E-state index contributed by atoms with van der Waals surface area (Å²) in [6, 6.07) is 0. The van der Waals surface area contributed by atoms with Gasteiger partial charge < -0.3 is 5.32 Å². The van der Waals surface area contributed by atoms with E-state index >= 15 is 0 Å². The Bertz CT molecular complexity index is 349. The van der Waals surface area contributed by atoms with E-state index in [2.05, 4.69) is 21.5 Å². The van der Waals surface area contributed by atoms with Gasteiger partial charge in [0.05, 0.1) is 17.4 Å². The SMILES string of the molecule is CSC1(CNc2ncc(Cl)cn2)CCCCC1. The second-order valence-corrected chi connectivity index (χ2v) is 6.24. The van der Waals surface area contributed by atoms with Crippen molar-refractivity contribution in [3.05, 3.63) is 17.4 Å². The Labute approximate surface area is 112 Å². The normalized spacial score (nSPS) is 18.9. The largest absolute Gasteiger partial charge is 0.353 e. The molecule has 1 aromatic heterocycles. The number of hydrogen-bond donors (Lipinski definition) is 1. The van der Waals surface area contributed by atoms with E-state index in [0.29, 0.717) is 15.7 Å². The number of nitrogens with zero attached hydrogens (tertiary/aromatic N) is 2. The first-order valence-electron chi connectivity index (χ1n) is 6.01. The highest BCUT2D eigenvalue weighted by atomic mass is 35.5. The second-order valence-electron chi connectivity index (χ2n) is 4.53. The van der Waals surface area contributed by atoms with E-state index < -0.39 is 0 Å². The predicted octanol–water partition coefficient (Wildman–Crippen LogP) is 3.61. The van der Waals surface area contributed by atoms with E-state index in [9.17, 15) is 0 Å². The molecule has 0 atom stereocenters. The fourth-order valence-electron chi connectivity index (χ4n) is 2.29. The zero-order chi connectivity index (χ0) is 12.1. The van der Waals surface area contributed by atoms with Gasteiger partial charge in [-0.15, -0.1) is 0 Å². The minimum atomic E-state index is 0.362. The Kier molecular flexibility index (Phi) is 4.51. The Balaban J connectivity index is 1.93. The van der Waals surface area contributed by atoms with Crippen molar-refractivity contribution in [3.63, 3.8) is 0 Å². The van der Waals surface area contributed by atoms with E-state index in [1.807, 2.05) is 11.8 Å². The van der Waals surface area contributed by atoms with Gasteiger partial charge in [0.2, 0.25) is 5.95 Å². The zero-order valence-electron chi connectivity index (χ0n) is 10.1. The molecule has 0 unspecified atom stereocenters. The van der Waals surface area contributed by atoms with Crippen LogP contribution in [0.5, 0.6) is 0 Å². The molecule has 1 N–H and O–H groups in total. The topological polar surface area (TPSA) is 37.8 Å². The van der Waals surface area contributed by atoms with Gasteiger partial charge in [0.1, 0.15) is 0 Å². The molecule has 1 aliphatic carbocycles. The molecule has 5 heteroatoms. The molecule has 17 heavy (non-hydrogen) atoms. The summed E-state index contributed by atoms with van der Waals surface area (Å²) in [5.74, 6) is 0.674. The molecule has 0 saturated heterocycles. The van der Waals surface area contributed by atoms with E-state index in [-0.39, 0.29) is 0 Å². The highest BCUT2D eigenvalue weighted by Crippen LogP contribution is 2.38. The average Bonchev–Trinajstić information content (AvgIpc) is 2.39. The summed E-state index contributed by atoms with van der Waals surface area (Å²) in [6.07, 6.45) is 12.1. The number of thioether (sulfide) groups is 1. The van der Waals surface area contributed by atoms with Gasteiger partial charge in [-0.25, -0.2) is 9.97 Å². The number of rotatable bonds is 4. The summed E-state index contributed by atoms with van der Waals surface area (Å²) >= 11 is 7.73. The van der Waals surface area contributed by atoms with Crippen LogP contribution in [-0.4, -0.2) is 27.5 Å². The molecular formula is C12H18ClN3S. The minimum absolute atomic E-state index is 0.362. The minimum Gasteiger partial charge on any atom is -0.353 e. The lowest BCUT2D eigenvalue weighted by Crippen LogP contribution is -2.35. The van der Waals surface area contributed by atoms with Crippen LogP contribution in [-0.2, 0) is 0 Å². The third-order valence-electron chi connectivity index (χ3n) is 3.39. The summed E-state index contributed by atoms with van der Waals surface area (Å²) in [5, 5.41) is 3.91. The third-order valence-corrected chi connectivity index (χ3v) is 5.00. The molecule has 1 aliphatic rings. The molecule has 0 spiro atoms. The number of halogens is 1. The number of hydrogen-bond acceptors (Lipinski definition) is 4. The lowest BCUT2D eigenvalue weighted by molar-refractivity contribution is 0.411. The van der Waals surface area contributed by atoms with Gasteiger partial charge in [-0.3, -0.25) is 0 Å². The molecule has 0 aliphatic heterocycles. The highest BCUT2D eigenvalue weighted by Gasteiger charge is 2.30. The molecule has 1 saturated carbocycles. The number of anilines is 1. The van der Waals surface area contributed by atoms with Gasteiger partial charge in [-0.05, 0) is 19.1 Å². The fraction of sp³-hybridized carbons (Fsp3) is 0.667. The van der Waals surface area contributed by atoms with Gasteiger partial charge in [-0.2, -0.15) is 11.8 Å². The third kappa shape index (κ3) is 3.49. The van der Waals surface area contributed by atoms with Crippen molar-refractivity contribution in [2.45, 2.75) is 36.9 Å². The maximum absolute atomic E-state index is 5.76. The lowest BCUT2D eigenvalue weighted by atomic mass is 9.88. The zero-order valence-corrected chi connectivity index (χ0v) is 11.7. The fourth-order valence-corrected chi connectivity index (χ4v) is 3.30. The van der Waals surface area contributed by atoms with Gasteiger partial charge in [-0.1, -0.05) is 30.9 Å². The van der Waals surface area contributed by atoms with Crippen molar-refractivity contribution in [2.24, 2.45) is 0 Å². The van der Waals surface area contributed by atoms with E-state index in [0.717, 1.165) is 6.54 Å². The van der Waals surface area contributed by atoms with Crippen molar-refractivity contribution >= 4 is 29.3 Å². The van der Waals surface area contributed by atoms with Crippen LogP contribution in [0.4, 0.5) is 5.95 Å². The molecular weight excluding hydrogens is 254 g/mol. The monoisotopic (exact) mass is 271 g/mol. The molecule has 0 bridgehead atoms. The smallest absolute Gasteiger partial charge is 0.222 e. The number of aromatic nitrogens is 2. The van der Waals surface area contributed by atoms with Crippen LogP contribution in [0.15, 0.2) is 12.4 Å². The van der Waals surface area contributed by atoms with Crippen molar-refractivity contribution < 1.29 is 0 Å². The van der Waals surface area contributed by atoms with Crippen molar-refractivity contribution in [1.29, 1.82) is 0 Å². The van der Waals surface area contributed by atoms with Crippen LogP contribution in [0.1, 0.15) is 32.1 Å². The van der Waals surface area contributed by atoms with Crippen LogP contribution in [0, 0.1) is 0 Å². The Morgan fingerprint density at radius 1 is 1.29 bits per heavy atom. The average molecular weight is 272 g/mol. The van der Waals surface area contributed by atoms with Crippen LogP contribution >= 0.6 is 23.4 Å². The summed E-state index contributed by atoms with van der Waals surface area (Å²) in [7, 11) is 0. The quantitative estimate of drug-likeness (QED) is 0.908. The maximum atomic E-state index is 5.76. The predicted molar refractivity (Wildman–Crippen MR) is 74.9 cm³/mol. The van der Waals surface area contributed by atoms with Gasteiger partial charge in [0.25, 0.3) is 0 Å². The lowest BCUT2D eigenvalue weighted by Gasteiger charge is -2.35. The highest BCUT2D eigenvalue weighted by molar-refractivity contribution is 8.00. The first-order chi connectivity index (χ1) is 8.24. The summed E-state index contributed by atoms with van der Waals surface area (Å²) in [5.41, 5.74) is 0. The first-order valence-corrected chi connectivity index (χ1v) is 7.61. The van der Waals surface area contributed by atoms with E-state index in [4.69, 9.17) is 11.6 Å². The molecule has 1 fully saturated rings. The van der Waals surface area contributed by atoms with E-state index in [1.165, 1.54) is 32.1 Å². The molecule has 0 radical (unpaired) electrons. The van der Waals surface area contributed by atoms with Crippen LogP contribution in [0.2, 0.25) is 5.02 Å². The molecule has 2 rings (SSSR count). The summed E-state index contributed by atoms with van der Waals surface area (Å²) in [4.78, 5) is 8.33. The van der Waals surface area contributed by atoms with Gasteiger partial charge >= 0.3 is 0 Å². The molecule has 1 heterocycles. The maximum Gasteiger partial charge on any atom is 0.222 e. The van der Waals surface area contributed by atoms with Crippen molar-refractivity contribution in [3.8, 4) is 0 Å². The van der Waals surface area contributed by atoms with Crippen molar-refractivity contribution in [2.75, 3.05) is 18.1 Å². The summed E-state index contributed by atoms with van der Waals surface area (Å²) < 4.78 is 0.362. The first kappa shape index (κ1) is 13.0. The Morgan fingerprint density at radius 2 is 1.94 bits per heavy atom. The van der Waals surface area contributed by atoms with Gasteiger partial charge in [0.15, 0.2) is 0 Å². The summed E-state index contributed by atoms with van der Waals surface area (Å²) in [6.45, 7) is 0.940. The number of nitrogens with one attached hydrogen (secondary N) is 1. The molecule has 94 valence electrons. The van der Waals surface area contributed by atoms with Gasteiger partial charge in [0, 0.05) is 11.3 Å². The molecule has 0 amide bonds. The van der Waals surface area contributed by atoms with Crippen LogP contribution < -0.4 is 5.32 Å². The standard InChI is InChI=1S/C12H18ClN3S/c1-17-12(5-3-2-4-6-12)9-16-11-14-7-10(13)8-15-11/h7-8H,2-6,9H2,1H3,(H,14,15,16). The van der Waals surface area contributed by atoms with E-state index in [1.54, 1.807) is 12.4 Å². The Morgan fingerprint density at radius 3 is 2.53 bits per heavy atom. The molecule has 3 nitrogen and oxygen atoms in total. The van der Waals surface area contributed by atoms with Crippen LogP contribution in [0.25, 0.3) is 0 Å². The second kappa shape index (κ2) is 5.91.